The van der Waals surface area contributed by atoms with Crippen LogP contribution in [-0.2, 0) is 5.41 Å². The predicted octanol–water partition coefficient (Wildman–Crippen LogP) is 2.42. The van der Waals surface area contributed by atoms with Gasteiger partial charge in [-0.1, -0.05) is 26.8 Å². The van der Waals surface area contributed by atoms with Gasteiger partial charge in [-0.3, -0.25) is 0 Å². The number of carbonyl (C=O) groups is 1. The van der Waals surface area contributed by atoms with E-state index >= 15 is 0 Å². The van der Waals surface area contributed by atoms with Gasteiger partial charge >= 0.3 is 6.09 Å². The lowest BCUT2D eigenvalue weighted by Crippen LogP contribution is -2.19. The summed E-state index contributed by atoms with van der Waals surface area (Å²) < 4.78 is 0. The molecule has 0 radical (unpaired) electrons. The van der Waals surface area contributed by atoms with Crippen molar-refractivity contribution in [1.82, 2.24) is 5.32 Å². The molecule has 5 nitrogen and oxygen atoms in total. The molecule has 0 aliphatic rings. The summed E-state index contributed by atoms with van der Waals surface area (Å²) in [4.78, 5) is 9.49. The molecule has 1 amide bonds. The van der Waals surface area contributed by atoms with Gasteiger partial charge in [0.2, 0.25) is 0 Å². The van der Waals surface area contributed by atoms with Gasteiger partial charge in [-0.25, -0.2) is 4.79 Å². The highest BCUT2D eigenvalue weighted by atomic mass is 16.4. The van der Waals surface area contributed by atoms with Gasteiger partial charge in [0.1, 0.15) is 0 Å². The van der Waals surface area contributed by atoms with Gasteiger partial charge < -0.3 is 21.9 Å². The van der Waals surface area contributed by atoms with Crippen molar-refractivity contribution in [2.45, 2.75) is 33.1 Å². The number of rotatable bonds is 1. The topological polar surface area (TPSA) is 101 Å². The fraction of sp³-hybridized carbons (Fsp3) is 0.462. The van der Waals surface area contributed by atoms with Crippen LogP contribution in [0, 0.1) is 0 Å². The summed E-state index contributed by atoms with van der Waals surface area (Å²) in [6.07, 6.45) is -0.961. The summed E-state index contributed by atoms with van der Waals surface area (Å²) in [5, 5.41) is 9.93. The molecule has 0 fully saturated rings. The second kappa shape index (κ2) is 6.74. The largest absolute Gasteiger partial charge is 0.465 e. The Bertz CT molecular complexity index is 398. The maximum Gasteiger partial charge on any atom is 0.404 e. The van der Waals surface area contributed by atoms with E-state index in [0.29, 0.717) is 17.9 Å². The number of nitrogen functional groups attached to an aromatic ring is 2. The zero-order valence-electron chi connectivity index (χ0n) is 11.4. The number of nitrogens with one attached hydrogen (secondary N) is 1. The fourth-order valence-corrected chi connectivity index (χ4v) is 1.19. The van der Waals surface area contributed by atoms with E-state index in [9.17, 15) is 4.79 Å². The van der Waals surface area contributed by atoms with Crippen molar-refractivity contribution in [2.24, 2.45) is 0 Å². The number of benzene rings is 1. The molecule has 0 saturated carbocycles. The van der Waals surface area contributed by atoms with Crippen LogP contribution in [-0.4, -0.2) is 17.7 Å². The van der Waals surface area contributed by atoms with Crippen LogP contribution in [0.5, 0.6) is 0 Å². The third-order valence-corrected chi connectivity index (χ3v) is 2.28. The molecule has 0 unspecified atom stereocenters. The monoisotopic (exact) mass is 253 g/mol. The highest BCUT2D eigenvalue weighted by molar-refractivity contribution is 5.64. The average molecular weight is 253 g/mol. The molecular weight excluding hydrogens is 230 g/mol. The first kappa shape index (κ1) is 16.1. The number of hydrogen-bond acceptors (Lipinski definition) is 3. The number of anilines is 2. The van der Waals surface area contributed by atoms with Gasteiger partial charge in [0, 0.05) is 6.54 Å². The van der Waals surface area contributed by atoms with E-state index in [0.717, 1.165) is 0 Å². The smallest absolute Gasteiger partial charge is 0.404 e. The highest BCUT2D eigenvalue weighted by Gasteiger charge is 2.13. The Hall–Kier alpha value is -1.91. The van der Waals surface area contributed by atoms with Gasteiger partial charge in [-0.15, -0.1) is 0 Å². The lowest BCUT2D eigenvalue weighted by molar-refractivity contribution is 0.195. The lowest BCUT2D eigenvalue weighted by Gasteiger charge is -2.19. The van der Waals surface area contributed by atoms with Crippen molar-refractivity contribution in [3.63, 3.8) is 0 Å². The van der Waals surface area contributed by atoms with Crippen molar-refractivity contribution in [3.8, 4) is 0 Å². The quantitative estimate of drug-likeness (QED) is 0.577. The van der Waals surface area contributed by atoms with Crippen molar-refractivity contribution in [1.29, 1.82) is 0 Å². The summed E-state index contributed by atoms with van der Waals surface area (Å²) in [5.41, 5.74) is 14.0. The molecule has 0 spiro atoms. The molecular formula is C13H23N3O2. The summed E-state index contributed by atoms with van der Waals surface area (Å²) in [5.74, 6) is 0. The molecule has 1 aromatic carbocycles. The number of hydrogen-bond donors (Lipinski definition) is 4. The molecule has 18 heavy (non-hydrogen) atoms. The lowest BCUT2D eigenvalue weighted by atomic mass is 9.87. The van der Waals surface area contributed by atoms with Crippen molar-refractivity contribution in [2.75, 3.05) is 18.0 Å². The SMILES string of the molecule is CC(C)(C)c1ccc(N)c(N)c1.CCNC(=O)O. The third-order valence-electron chi connectivity index (χ3n) is 2.28. The zero-order valence-corrected chi connectivity index (χ0v) is 11.4. The van der Waals surface area contributed by atoms with Crippen LogP contribution in [0.4, 0.5) is 16.2 Å². The molecule has 0 aliphatic carbocycles. The van der Waals surface area contributed by atoms with Crippen LogP contribution in [0.15, 0.2) is 18.2 Å². The molecule has 1 rings (SSSR count). The normalized spacial score (nSPS) is 10.2. The number of amides is 1. The first-order valence-corrected chi connectivity index (χ1v) is 5.80. The van der Waals surface area contributed by atoms with Gasteiger partial charge in [-0.05, 0) is 30.0 Å². The predicted molar refractivity (Wildman–Crippen MR) is 75.7 cm³/mol. The first-order valence-electron chi connectivity index (χ1n) is 5.80. The Labute approximate surface area is 108 Å². The van der Waals surface area contributed by atoms with E-state index in [-0.39, 0.29) is 5.41 Å². The summed E-state index contributed by atoms with van der Waals surface area (Å²) in [7, 11) is 0. The van der Waals surface area contributed by atoms with Crippen LogP contribution in [0.1, 0.15) is 33.3 Å². The van der Waals surface area contributed by atoms with E-state index in [4.69, 9.17) is 16.6 Å². The molecule has 1 aromatic rings. The molecule has 102 valence electrons. The molecule has 5 heteroatoms. The van der Waals surface area contributed by atoms with Crippen LogP contribution in [0.3, 0.4) is 0 Å². The van der Waals surface area contributed by atoms with Crippen LogP contribution in [0.25, 0.3) is 0 Å². The Kier molecular flexibility index (Phi) is 6.02. The van der Waals surface area contributed by atoms with Crippen molar-refractivity contribution < 1.29 is 9.90 Å². The Morgan fingerprint density at radius 3 is 2.11 bits per heavy atom. The molecule has 0 bridgehead atoms. The van der Waals surface area contributed by atoms with E-state index in [1.165, 1.54) is 5.56 Å². The van der Waals surface area contributed by atoms with E-state index in [1.807, 2.05) is 18.2 Å². The van der Waals surface area contributed by atoms with Crippen molar-refractivity contribution >= 4 is 17.5 Å². The molecule has 0 saturated heterocycles. The van der Waals surface area contributed by atoms with Crippen LogP contribution < -0.4 is 16.8 Å². The second-order valence-electron chi connectivity index (χ2n) is 4.93. The van der Waals surface area contributed by atoms with Gasteiger partial charge in [-0.2, -0.15) is 0 Å². The van der Waals surface area contributed by atoms with Gasteiger partial charge in [0.15, 0.2) is 0 Å². The molecule has 6 N–H and O–H groups in total. The Balaban J connectivity index is 0.000000411. The zero-order chi connectivity index (χ0) is 14.3. The summed E-state index contributed by atoms with van der Waals surface area (Å²) in [6, 6.07) is 5.82. The maximum absolute atomic E-state index is 9.49. The Morgan fingerprint density at radius 2 is 1.83 bits per heavy atom. The molecule has 0 heterocycles. The Morgan fingerprint density at radius 1 is 1.28 bits per heavy atom. The third kappa shape index (κ3) is 5.98. The van der Waals surface area contributed by atoms with Crippen LogP contribution in [0.2, 0.25) is 0 Å². The second-order valence-corrected chi connectivity index (χ2v) is 4.93. The van der Waals surface area contributed by atoms with Gasteiger partial charge in [0.25, 0.3) is 0 Å². The fourth-order valence-electron chi connectivity index (χ4n) is 1.19. The molecule has 0 aliphatic heterocycles. The number of carboxylic acid groups (broad SMARTS) is 1. The van der Waals surface area contributed by atoms with E-state index in [1.54, 1.807) is 6.92 Å². The first-order chi connectivity index (χ1) is 8.18. The van der Waals surface area contributed by atoms with Crippen molar-refractivity contribution in [3.05, 3.63) is 23.8 Å². The minimum Gasteiger partial charge on any atom is -0.465 e. The average Bonchev–Trinajstić information content (AvgIpc) is 2.21. The van der Waals surface area contributed by atoms with E-state index in [2.05, 4.69) is 26.1 Å². The molecule has 0 aromatic heterocycles. The minimum atomic E-state index is -0.961. The summed E-state index contributed by atoms with van der Waals surface area (Å²) >= 11 is 0. The van der Waals surface area contributed by atoms with Gasteiger partial charge in [0.05, 0.1) is 11.4 Å². The molecule has 0 atom stereocenters. The summed E-state index contributed by atoms with van der Waals surface area (Å²) in [6.45, 7) is 8.66. The minimum absolute atomic E-state index is 0.141. The van der Waals surface area contributed by atoms with E-state index < -0.39 is 6.09 Å². The standard InChI is InChI=1S/C10H16N2.C3H7NO2/c1-10(2,3)7-4-5-8(11)9(12)6-7;1-2-4-3(5)6/h4-6H,11-12H2,1-3H3;4H,2H2,1H3,(H,5,6). The van der Waals surface area contributed by atoms with Crippen LogP contribution >= 0.6 is 0 Å². The highest BCUT2D eigenvalue weighted by Crippen LogP contribution is 2.26. The maximum atomic E-state index is 9.49. The number of nitrogens with two attached hydrogens (primary N) is 2.